The van der Waals surface area contributed by atoms with E-state index in [2.05, 4.69) is 15.7 Å². The lowest BCUT2D eigenvalue weighted by atomic mass is 10.2. The summed E-state index contributed by atoms with van der Waals surface area (Å²) < 4.78 is 1.77. The summed E-state index contributed by atoms with van der Waals surface area (Å²) in [4.78, 5) is 26.3. The molecule has 6 nitrogen and oxygen atoms in total. The van der Waals surface area contributed by atoms with Gasteiger partial charge in [0.25, 0.3) is 11.8 Å². The number of anilines is 1. The third-order valence-corrected chi connectivity index (χ3v) is 6.00. The topological polar surface area (TPSA) is 76.0 Å². The second kappa shape index (κ2) is 8.30. The highest BCUT2D eigenvalue weighted by atomic mass is 35.5. The van der Waals surface area contributed by atoms with Gasteiger partial charge in [-0.3, -0.25) is 9.59 Å². The summed E-state index contributed by atoms with van der Waals surface area (Å²) in [6.07, 6.45) is 0. The van der Waals surface area contributed by atoms with Gasteiger partial charge in [-0.2, -0.15) is 5.10 Å². The molecule has 4 aromatic rings. The molecule has 0 saturated heterocycles. The summed E-state index contributed by atoms with van der Waals surface area (Å²) in [5.74, 6) is -0.416. The number of nitrogens with one attached hydrogen (secondary N) is 2. The van der Waals surface area contributed by atoms with Crippen molar-refractivity contribution in [1.29, 1.82) is 0 Å². The van der Waals surface area contributed by atoms with Crippen molar-refractivity contribution in [2.24, 2.45) is 0 Å². The van der Waals surface area contributed by atoms with Gasteiger partial charge in [-0.25, -0.2) is 4.68 Å². The normalized spacial score (nSPS) is 10.9. The molecule has 0 radical (unpaired) electrons. The molecule has 0 aliphatic rings. The summed E-state index contributed by atoms with van der Waals surface area (Å²) in [7, 11) is 0. The summed E-state index contributed by atoms with van der Waals surface area (Å²) in [5, 5.41) is 11.7. The van der Waals surface area contributed by atoms with Crippen LogP contribution in [0.3, 0.4) is 0 Å². The standard InChI is InChI=1S/C22H19ClN4O2S/c1-3-24-20(28)14-7-6-8-15(11-14)25-21(29)19-12-16-13(2)26-27(22(16)30-19)18-10-5-4-9-17(18)23/h4-12H,3H2,1-2H3,(H,24,28)(H,25,29). The zero-order valence-electron chi connectivity index (χ0n) is 16.4. The van der Waals surface area contributed by atoms with Crippen LogP contribution in [0.5, 0.6) is 0 Å². The molecule has 0 bridgehead atoms. The molecular weight excluding hydrogens is 420 g/mol. The Hall–Kier alpha value is -3.16. The monoisotopic (exact) mass is 438 g/mol. The summed E-state index contributed by atoms with van der Waals surface area (Å²) in [5.41, 5.74) is 2.64. The smallest absolute Gasteiger partial charge is 0.265 e. The van der Waals surface area contributed by atoms with Gasteiger partial charge in [-0.05, 0) is 50.2 Å². The number of aryl methyl sites for hydroxylation is 1. The van der Waals surface area contributed by atoms with Gasteiger partial charge >= 0.3 is 0 Å². The predicted molar refractivity (Wildman–Crippen MR) is 121 cm³/mol. The lowest BCUT2D eigenvalue weighted by Gasteiger charge is -2.07. The first-order chi connectivity index (χ1) is 14.5. The Balaban J connectivity index is 1.64. The van der Waals surface area contributed by atoms with Crippen LogP contribution >= 0.6 is 22.9 Å². The van der Waals surface area contributed by atoms with Crippen LogP contribution < -0.4 is 10.6 Å². The first kappa shape index (κ1) is 20.1. The molecule has 2 aromatic heterocycles. The van der Waals surface area contributed by atoms with Crippen LogP contribution in [0.25, 0.3) is 15.9 Å². The average Bonchev–Trinajstić information content (AvgIpc) is 3.30. The molecule has 8 heteroatoms. The van der Waals surface area contributed by atoms with Crippen molar-refractivity contribution < 1.29 is 9.59 Å². The minimum Gasteiger partial charge on any atom is -0.352 e. The largest absolute Gasteiger partial charge is 0.352 e. The molecule has 2 N–H and O–H groups in total. The van der Waals surface area contributed by atoms with Crippen LogP contribution in [-0.4, -0.2) is 28.1 Å². The van der Waals surface area contributed by atoms with Crippen LogP contribution in [0, 0.1) is 6.92 Å². The molecular formula is C22H19ClN4O2S. The highest BCUT2D eigenvalue weighted by molar-refractivity contribution is 7.20. The molecule has 4 rings (SSSR count). The Bertz CT molecular complexity index is 1260. The lowest BCUT2D eigenvalue weighted by Crippen LogP contribution is -2.22. The molecule has 0 aliphatic carbocycles. The van der Waals surface area contributed by atoms with Crippen LogP contribution in [0.4, 0.5) is 5.69 Å². The van der Waals surface area contributed by atoms with E-state index >= 15 is 0 Å². The van der Waals surface area contributed by atoms with Gasteiger partial charge in [0, 0.05) is 23.2 Å². The fraction of sp³-hybridized carbons (Fsp3) is 0.136. The third kappa shape index (κ3) is 3.81. The molecule has 0 saturated carbocycles. The number of para-hydroxylation sites is 1. The molecule has 2 amide bonds. The van der Waals surface area contributed by atoms with Crippen molar-refractivity contribution in [2.75, 3.05) is 11.9 Å². The Morgan fingerprint density at radius 3 is 2.67 bits per heavy atom. The zero-order chi connectivity index (χ0) is 21.3. The number of nitrogens with zero attached hydrogens (tertiary/aromatic N) is 2. The van der Waals surface area contributed by atoms with Crippen LogP contribution in [0.2, 0.25) is 5.02 Å². The van der Waals surface area contributed by atoms with Crippen LogP contribution in [0.15, 0.2) is 54.6 Å². The van der Waals surface area contributed by atoms with E-state index in [0.717, 1.165) is 21.6 Å². The number of aromatic nitrogens is 2. The number of carbonyl (C=O) groups excluding carboxylic acids is 2. The SMILES string of the molecule is CCNC(=O)c1cccc(NC(=O)c2cc3c(C)nn(-c4ccccc4Cl)c3s2)c1. The Morgan fingerprint density at radius 2 is 1.90 bits per heavy atom. The second-order valence-corrected chi connectivity index (χ2v) is 8.11. The van der Waals surface area contributed by atoms with Gasteiger partial charge in [0.15, 0.2) is 0 Å². The minimum absolute atomic E-state index is 0.175. The van der Waals surface area contributed by atoms with E-state index < -0.39 is 0 Å². The maximum atomic E-state index is 12.9. The zero-order valence-corrected chi connectivity index (χ0v) is 18.0. The van der Waals surface area contributed by atoms with Crippen molar-refractivity contribution in [2.45, 2.75) is 13.8 Å². The number of halogens is 1. The van der Waals surface area contributed by atoms with Gasteiger partial charge in [0.05, 0.1) is 21.3 Å². The number of amides is 2. The van der Waals surface area contributed by atoms with E-state index in [9.17, 15) is 9.59 Å². The number of benzene rings is 2. The fourth-order valence-electron chi connectivity index (χ4n) is 3.14. The average molecular weight is 439 g/mol. The fourth-order valence-corrected chi connectivity index (χ4v) is 4.43. The van der Waals surface area contributed by atoms with Gasteiger partial charge < -0.3 is 10.6 Å². The summed E-state index contributed by atoms with van der Waals surface area (Å²) in [6, 6.07) is 16.2. The molecule has 30 heavy (non-hydrogen) atoms. The lowest BCUT2D eigenvalue weighted by molar-refractivity contribution is 0.0954. The van der Waals surface area contributed by atoms with E-state index in [0.29, 0.717) is 27.7 Å². The molecule has 0 aliphatic heterocycles. The Labute approximate surface area is 182 Å². The Kier molecular flexibility index (Phi) is 5.57. The minimum atomic E-state index is -0.241. The van der Waals surface area contributed by atoms with E-state index in [1.807, 2.05) is 44.2 Å². The molecule has 0 atom stereocenters. The molecule has 0 unspecified atom stereocenters. The molecule has 0 fully saturated rings. The van der Waals surface area contributed by atoms with Gasteiger partial charge in [0.2, 0.25) is 0 Å². The maximum absolute atomic E-state index is 12.9. The first-order valence-electron chi connectivity index (χ1n) is 9.41. The van der Waals surface area contributed by atoms with Crippen LogP contribution in [0.1, 0.15) is 32.6 Å². The van der Waals surface area contributed by atoms with Gasteiger partial charge in [-0.15, -0.1) is 11.3 Å². The molecule has 2 heterocycles. The summed E-state index contributed by atoms with van der Waals surface area (Å²) >= 11 is 7.68. The van der Waals surface area contributed by atoms with E-state index in [1.165, 1.54) is 11.3 Å². The van der Waals surface area contributed by atoms with Crippen molar-refractivity contribution >= 4 is 50.7 Å². The van der Waals surface area contributed by atoms with E-state index in [1.54, 1.807) is 28.9 Å². The third-order valence-electron chi connectivity index (χ3n) is 4.57. The van der Waals surface area contributed by atoms with Crippen molar-refractivity contribution in [3.8, 4) is 5.69 Å². The maximum Gasteiger partial charge on any atom is 0.265 e. The number of hydrogen-bond donors (Lipinski definition) is 2. The highest BCUT2D eigenvalue weighted by Crippen LogP contribution is 2.32. The molecule has 2 aromatic carbocycles. The number of fused-ring (bicyclic) bond motifs is 1. The van der Waals surface area contributed by atoms with Gasteiger partial charge in [-0.1, -0.05) is 29.8 Å². The quantitative estimate of drug-likeness (QED) is 0.457. The number of thiophene rings is 1. The number of hydrogen-bond acceptors (Lipinski definition) is 4. The summed E-state index contributed by atoms with van der Waals surface area (Å²) in [6.45, 7) is 4.30. The van der Waals surface area contributed by atoms with Crippen LogP contribution in [-0.2, 0) is 0 Å². The Morgan fingerprint density at radius 1 is 1.10 bits per heavy atom. The first-order valence-corrected chi connectivity index (χ1v) is 10.6. The highest BCUT2D eigenvalue weighted by Gasteiger charge is 2.18. The van der Waals surface area contributed by atoms with E-state index in [4.69, 9.17) is 11.6 Å². The molecule has 0 spiro atoms. The number of carbonyl (C=O) groups is 2. The number of rotatable bonds is 5. The van der Waals surface area contributed by atoms with E-state index in [-0.39, 0.29) is 11.8 Å². The second-order valence-electron chi connectivity index (χ2n) is 6.67. The van der Waals surface area contributed by atoms with Crippen molar-refractivity contribution in [1.82, 2.24) is 15.1 Å². The van der Waals surface area contributed by atoms with Crippen molar-refractivity contribution in [3.05, 3.63) is 75.8 Å². The predicted octanol–water partition coefficient (Wildman–Crippen LogP) is 5.05. The van der Waals surface area contributed by atoms with Crippen molar-refractivity contribution in [3.63, 3.8) is 0 Å². The van der Waals surface area contributed by atoms with Gasteiger partial charge in [0.1, 0.15) is 4.83 Å². The molecule has 152 valence electrons.